The van der Waals surface area contributed by atoms with Crippen molar-refractivity contribution < 1.29 is 9.47 Å². The number of nitrogens with two attached hydrogens (primary N) is 1. The van der Waals surface area contributed by atoms with Gasteiger partial charge in [-0.25, -0.2) is 0 Å². The molecule has 1 atom stereocenters. The molecule has 2 heterocycles. The number of benzene rings is 1. The smallest absolute Gasteiger partial charge is 0.189 e. The number of fused-ring (bicyclic) bond motifs is 1. The lowest BCUT2D eigenvalue weighted by molar-refractivity contribution is 0.297. The van der Waals surface area contributed by atoms with Crippen molar-refractivity contribution in [2.75, 3.05) is 19.8 Å². The fourth-order valence-corrected chi connectivity index (χ4v) is 2.26. The molecule has 0 aliphatic carbocycles. The van der Waals surface area contributed by atoms with Crippen LogP contribution in [0.3, 0.4) is 0 Å². The van der Waals surface area contributed by atoms with Gasteiger partial charge in [0, 0.05) is 13.0 Å². The number of ether oxygens (including phenoxy) is 2. The SMILES string of the molecule is NC1=NCCC(c2ccc3c(c2)OCCCO3)N1. The summed E-state index contributed by atoms with van der Waals surface area (Å²) >= 11 is 0. The van der Waals surface area contributed by atoms with E-state index < -0.39 is 0 Å². The molecule has 0 radical (unpaired) electrons. The molecule has 0 saturated carbocycles. The number of nitrogens with one attached hydrogen (secondary N) is 1. The first-order chi connectivity index (χ1) is 8.83. The Morgan fingerprint density at radius 2 is 2.06 bits per heavy atom. The van der Waals surface area contributed by atoms with Gasteiger partial charge in [0.2, 0.25) is 0 Å². The molecular weight excluding hydrogens is 230 g/mol. The van der Waals surface area contributed by atoms with Crippen LogP contribution in [0.4, 0.5) is 0 Å². The molecular formula is C13H17N3O2. The van der Waals surface area contributed by atoms with Gasteiger partial charge in [0.25, 0.3) is 0 Å². The van der Waals surface area contributed by atoms with Crippen LogP contribution in [-0.4, -0.2) is 25.7 Å². The lowest BCUT2D eigenvalue weighted by Crippen LogP contribution is -2.38. The highest BCUT2D eigenvalue weighted by atomic mass is 16.5. The van der Waals surface area contributed by atoms with Crippen molar-refractivity contribution in [1.82, 2.24) is 5.32 Å². The molecule has 0 bridgehead atoms. The van der Waals surface area contributed by atoms with E-state index in [1.54, 1.807) is 0 Å². The van der Waals surface area contributed by atoms with Crippen LogP contribution in [0.5, 0.6) is 11.5 Å². The van der Waals surface area contributed by atoms with Crippen LogP contribution in [0.25, 0.3) is 0 Å². The summed E-state index contributed by atoms with van der Waals surface area (Å²) in [5.74, 6) is 2.17. The van der Waals surface area contributed by atoms with E-state index in [-0.39, 0.29) is 6.04 Å². The van der Waals surface area contributed by atoms with Crippen LogP contribution in [-0.2, 0) is 0 Å². The number of hydrogen-bond donors (Lipinski definition) is 2. The zero-order chi connectivity index (χ0) is 12.4. The van der Waals surface area contributed by atoms with Crippen LogP contribution in [0.2, 0.25) is 0 Å². The Bertz CT molecular complexity index is 473. The van der Waals surface area contributed by atoms with E-state index in [0.717, 1.165) is 36.4 Å². The number of aliphatic imine (C=N–C) groups is 1. The number of guanidine groups is 1. The van der Waals surface area contributed by atoms with E-state index in [2.05, 4.69) is 16.4 Å². The molecule has 1 unspecified atom stereocenters. The van der Waals surface area contributed by atoms with E-state index in [9.17, 15) is 0 Å². The normalized spacial score (nSPS) is 22.7. The van der Waals surface area contributed by atoms with Gasteiger partial charge in [0.15, 0.2) is 17.5 Å². The summed E-state index contributed by atoms with van der Waals surface area (Å²) in [5, 5.41) is 3.19. The quantitative estimate of drug-likeness (QED) is 0.782. The highest BCUT2D eigenvalue weighted by molar-refractivity contribution is 5.79. The third-order valence-electron chi connectivity index (χ3n) is 3.20. The molecule has 3 rings (SSSR count). The van der Waals surface area contributed by atoms with E-state index in [1.165, 1.54) is 0 Å². The third kappa shape index (κ3) is 2.20. The molecule has 0 aromatic heterocycles. The van der Waals surface area contributed by atoms with Gasteiger partial charge in [-0.1, -0.05) is 6.07 Å². The maximum Gasteiger partial charge on any atom is 0.189 e. The molecule has 2 aliphatic heterocycles. The summed E-state index contributed by atoms with van der Waals surface area (Å²) in [4.78, 5) is 4.14. The minimum absolute atomic E-state index is 0.208. The lowest BCUT2D eigenvalue weighted by atomic mass is 10.0. The predicted octanol–water partition coefficient (Wildman–Crippen LogP) is 1.20. The average Bonchev–Trinajstić information content (AvgIpc) is 2.63. The lowest BCUT2D eigenvalue weighted by Gasteiger charge is -2.23. The second kappa shape index (κ2) is 4.76. The van der Waals surface area contributed by atoms with Crippen molar-refractivity contribution in [3.8, 4) is 11.5 Å². The van der Waals surface area contributed by atoms with Crippen LogP contribution < -0.4 is 20.5 Å². The largest absolute Gasteiger partial charge is 0.490 e. The number of nitrogens with zero attached hydrogens (tertiary/aromatic N) is 1. The van der Waals surface area contributed by atoms with Gasteiger partial charge in [0.1, 0.15) is 0 Å². The van der Waals surface area contributed by atoms with Crippen molar-refractivity contribution in [3.05, 3.63) is 23.8 Å². The third-order valence-corrected chi connectivity index (χ3v) is 3.20. The molecule has 0 amide bonds. The zero-order valence-electron chi connectivity index (χ0n) is 10.2. The van der Waals surface area contributed by atoms with Crippen LogP contribution in [0, 0.1) is 0 Å². The van der Waals surface area contributed by atoms with E-state index >= 15 is 0 Å². The Kier molecular flexibility index (Phi) is 2.96. The van der Waals surface area contributed by atoms with Crippen molar-refractivity contribution in [3.63, 3.8) is 0 Å². The maximum atomic E-state index is 5.71. The molecule has 1 aromatic rings. The Balaban J connectivity index is 1.85. The average molecular weight is 247 g/mol. The zero-order valence-corrected chi connectivity index (χ0v) is 10.2. The molecule has 0 fully saturated rings. The standard InChI is InChI=1S/C13H17N3O2/c14-13-15-5-4-10(16-13)9-2-3-11-12(8-9)18-7-1-6-17-11/h2-3,8,10H,1,4-7H2,(H3,14,15,16). The first-order valence-electron chi connectivity index (χ1n) is 6.29. The molecule has 96 valence electrons. The summed E-state index contributed by atoms with van der Waals surface area (Å²) in [6.45, 7) is 2.18. The van der Waals surface area contributed by atoms with Gasteiger partial charge in [-0.05, 0) is 24.1 Å². The Morgan fingerprint density at radius 1 is 1.22 bits per heavy atom. The first-order valence-corrected chi connectivity index (χ1v) is 6.29. The van der Waals surface area contributed by atoms with Gasteiger partial charge >= 0.3 is 0 Å². The molecule has 0 spiro atoms. The van der Waals surface area contributed by atoms with Gasteiger partial charge in [-0.15, -0.1) is 0 Å². The van der Waals surface area contributed by atoms with Crippen molar-refractivity contribution in [2.45, 2.75) is 18.9 Å². The maximum absolute atomic E-state index is 5.71. The van der Waals surface area contributed by atoms with Gasteiger partial charge < -0.3 is 20.5 Å². The summed E-state index contributed by atoms with van der Waals surface area (Å²) < 4.78 is 11.3. The molecule has 3 N–H and O–H groups in total. The Hall–Kier alpha value is -1.91. The van der Waals surface area contributed by atoms with Gasteiger partial charge in [0.05, 0.1) is 19.3 Å². The second-order valence-electron chi connectivity index (χ2n) is 4.51. The van der Waals surface area contributed by atoms with Crippen molar-refractivity contribution >= 4 is 5.96 Å². The van der Waals surface area contributed by atoms with E-state index in [0.29, 0.717) is 19.2 Å². The van der Waals surface area contributed by atoms with Crippen molar-refractivity contribution in [2.24, 2.45) is 10.7 Å². The molecule has 5 nitrogen and oxygen atoms in total. The fraction of sp³-hybridized carbons (Fsp3) is 0.462. The molecule has 18 heavy (non-hydrogen) atoms. The van der Waals surface area contributed by atoms with Crippen LogP contribution in [0.1, 0.15) is 24.4 Å². The van der Waals surface area contributed by atoms with Crippen molar-refractivity contribution in [1.29, 1.82) is 0 Å². The van der Waals surface area contributed by atoms with Crippen LogP contribution in [0.15, 0.2) is 23.2 Å². The summed E-state index contributed by atoms with van der Waals surface area (Å²) in [6, 6.07) is 6.28. The topological polar surface area (TPSA) is 68.9 Å². The van der Waals surface area contributed by atoms with E-state index in [1.807, 2.05) is 12.1 Å². The predicted molar refractivity (Wildman–Crippen MR) is 69.0 cm³/mol. The summed E-state index contributed by atoms with van der Waals surface area (Å²) in [7, 11) is 0. The van der Waals surface area contributed by atoms with Gasteiger partial charge in [-0.3, -0.25) is 4.99 Å². The Morgan fingerprint density at radius 3 is 2.89 bits per heavy atom. The summed E-state index contributed by atoms with van der Waals surface area (Å²) in [5.41, 5.74) is 6.87. The Labute approximate surface area is 106 Å². The highest BCUT2D eigenvalue weighted by Gasteiger charge is 2.18. The minimum Gasteiger partial charge on any atom is -0.490 e. The highest BCUT2D eigenvalue weighted by Crippen LogP contribution is 2.33. The molecule has 5 heteroatoms. The minimum atomic E-state index is 0.208. The number of hydrogen-bond acceptors (Lipinski definition) is 5. The van der Waals surface area contributed by atoms with Crippen LogP contribution >= 0.6 is 0 Å². The second-order valence-corrected chi connectivity index (χ2v) is 4.51. The molecule has 1 aromatic carbocycles. The monoisotopic (exact) mass is 247 g/mol. The molecule has 0 saturated heterocycles. The van der Waals surface area contributed by atoms with E-state index in [4.69, 9.17) is 15.2 Å². The number of rotatable bonds is 1. The molecule has 2 aliphatic rings. The van der Waals surface area contributed by atoms with Gasteiger partial charge in [-0.2, -0.15) is 0 Å². The first kappa shape index (κ1) is 11.2. The summed E-state index contributed by atoms with van der Waals surface area (Å²) in [6.07, 6.45) is 1.87. The fourth-order valence-electron chi connectivity index (χ4n) is 2.26.